The number of hydrogen-bond acceptors (Lipinski definition) is 4. The van der Waals surface area contributed by atoms with Crippen molar-refractivity contribution in [3.63, 3.8) is 0 Å². The van der Waals surface area contributed by atoms with Crippen molar-refractivity contribution in [3.05, 3.63) is 29.8 Å². The van der Waals surface area contributed by atoms with Crippen molar-refractivity contribution >= 4 is 15.6 Å². The normalized spacial score (nSPS) is 11.3. The first-order valence-electron chi connectivity index (χ1n) is 4.21. The molecule has 4 nitrogen and oxygen atoms in total. The average Bonchev–Trinajstić information content (AvgIpc) is 2.14. The first-order chi connectivity index (χ1) is 6.90. The van der Waals surface area contributed by atoms with Gasteiger partial charge in [-0.3, -0.25) is 9.78 Å². The topological polar surface area (TPSA) is 64.1 Å². The molecule has 0 unspecified atom stereocenters. The second kappa shape index (κ2) is 4.48. The van der Waals surface area contributed by atoms with E-state index in [9.17, 15) is 17.6 Å². The molecule has 0 fully saturated rings. The van der Waals surface area contributed by atoms with Crippen LogP contribution in [0.4, 0.5) is 4.39 Å². The minimum Gasteiger partial charge on any atom is -0.292 e. The van der Waals surface area contributed by atoms with Crippen molar-refractivity contribution in [3.8, 4) is 0 Å². The number of pyridine rings is 1. The van der Waals surface area contributed by atoms with Gasteiger partial charge in [-0.2, -0.15) is 0 Å². The Bertz CT molecular complexity index is 470. The lowest BCUT2D eigenvalue weighted by molar-refractivity contribution is 0.0979. The SMILES string of the molecule is CS(=O)(=O)CCC(=O)c1ncccc1F. The largest absolute Gasteiger partial charge is 0.292 e. The highest BCUT2D eigenvalue weighted by molar-refractivity contribution is 7.90. The van der Waals surface area contributed by atoms with Crippen LogP contribution in [0.5, 0.6) is 0 Å². The zero-order chi connectivity index (χ0) is 11.5. The van der Waals surface area contributed by atoms with Crippen molar-refractivity contribution in [2.24, 2.45) is 0 Å². The summed E-state index contributed by atoms with van der Waals surface area (Å²) in [5, 5.41) is 0. The van der Waals surface area contributed by atoms with Gasteiger partial charge in [0.2, 0.25) is 0 Å². The van der Waals surface area contributed by atoms with E-state index in [1.54, 1.807) is 0 Å². The van der Waals surface area contributed by atoms with E-state index < -0.39 is 21.4 Å². The maximum Gasteiger partial charge on any atom is 0.185 e. The quantitative estimate of drug-likeness (QED) is 0.720. The summed E-state index contributed by atoms with van der Waals surface area (Å²) in [6.45, 7) is 0. The van der Waals surface area contributed by atoms with Crippen molar-refractivity contribution in [2.45, 2.75) is 6.42 Å². The number of halogens is 1. The van der Waals surface area contributed by atoms with E-state index in [0.717, 1.165) is 12.3 Å². The number of ketones is 1. The van der Waals surface area contributed by atoms with Crippen LogP contribution in [-0.4, -0.2) is 31.2 Å². The lowest BCUT2D eigenvalue weighted by Crippen LogP contribution is -2.12. The fraction of sp³-hybridized carbons (Fsp3) is 0.333. The van der Waals surface area contributed by atoms with Crippen molar-refractivity contribution in [1.82, 2.24) is 4.98 Å². The summed E-state index contributed by atoms with van der Waals surface area (Å²) in [4.78, 5) is 14.9. The molecule has 0 amide bonds. The van der Waals surface area contributed by atoms with Crippen LogP contribution < -0.4 is 0 Å². The van der Waals surface area contributed by atoms with Crippen LogP contribution in [0.2, 0.25) is 0 Å². The Balaban J connectivity index is 2.75. The Hall–Kier alpha value is -1.30. The third-order valence-corrected chi connectivity index (χ3v) is 2.67. The lowest BCUT2D eigenvalue weighted by Gasteiger charge is -2.00. The van der Waals surface area contributed by atoms with Gasteiger partial charge in [0.15, 0.2) is 11.6 Å². The van der Waals surface area contributed by atoms with E-state index in [0.29, 0.717) is 0 Å². The van der Waals surface area contributed by atoms with Gasteiger partial charge >= 0.3 is 0 Å². The summed E-state index contributed by atoms with van der Waals surface area (Å²) in [5.74, 6) is -1.61. The molecule has 82 valence electrons. The second-order valence-corrected chi connectivity index (χ2v) is 5.40. The number of rotatable bonds is 4. The first kappa shape index (κ1) is 11.8. The minimum atomic E-state index is -3.21. The van der Waals surface area contributed by atoms with Crippen LogP contribution in [0.25, 0.3) is 0 Å². The number of carbonyl (C=O) groups excluding carboxylic acids is 1. The number of aromatic nitrogens is 1. The highest BCUT2D eigenvalue weighted by Gasteiger charge is 2.14. The number of nitrogens with zero attached hydrogens (tertiary/aromatic N) is 1. The molecule has 0 aliphatic rings. The molecule has 0 aromatic carbocycles. The molecule has 0 saturated heterocycles. The van der Waals surface area contributed by atoms with Gasteiger partial charge in [0.05, 0.1) is 5.75 Å². The number of Topliss-reactive ketones (excluding diaryl/α,β-unsaturated/α-hetero) is 1. The van der Waals surface area contributed by atoms with Crippen molar-refractivity contribution < 1.29 is 17.6 Å². The summed E-state index contributed by atoms with van der Waals surface area (Å²) < 4.78 is 34.6. The van der Waals surface area contributed by atoms with E-state index in [-0.39, 0.29) is 17.9 Å². The second-order valence-electron chi connectivity index (χ2n) is 3.14. The molecule has 1 aromatic heterocycles. The Kier molecular flexibility index (Phi) is 3.52. The monoisotopic (exact) mass is 231 g/mol. The summed E-state index contributed by atoms with van der Waals surface area (Å²) in [6.07, 6.45) is 2.07. The number of sulfone groups is 1. The molecule has 0 spiro atoms. The van der Waals surface area contributed by atoms with Crippen LogP contribution >= 0.6 is 0 Å². The summed E-state index contributed by atoms with van der Waals surface area (Å²) >= 11 is 0. The average molecular weight is 231 g/mol. The molecule has 0 aliphatic heterocycles. The van der Waals surface area contributed by atoms with E-state index in [4.69, 9.17) is 0 Å². The summed E-state index contributed by atoms with van der Waals surface area (Å²) in [6, 6.07) is 2.48. The lowest BCUT2D eigenvalue weighted by atomic mass is 10.2. The molecule has 0 aliphatic carbocycles. The van der Waals surface area contributed by atoms with Gasteiger partial charge in [0.25, 0.3) is 0 Å². The number of carbonyl (C=O) groups is 1. The summed E-state index contributed by atoms with van der Waals surface area (Å²) in [5.41, 5.74) is -0.304. The molecule has 1 heterocycles. The van der Waals surface area contributed by atoms with Gasteiger partial charge in [-0.05, 0) is 12.1 Å². The van der Waals surface area contributed by atoms with Crippen LogP contribution in [0.15, 0.2) is 18.3 Å². The maximum absolute atomic E-state index is 13.0. The van der Waals surface area contributed by atoms with Gasteiger partial charge in [-0.25, -0.2) is 12.8 Å². The molecule has 6 heteroatoms. The molecule has 0 saturated carbocycles. The molecule has 0 atom stereocenters. The minimum absolute atomic E-state index is 0.243. The van der Waals surface area contributed by atoms with Crippen molar-refractivity contribution in [1.29, 1.82) is 0 Å². The van der Waals surface area contributed by atoms with Gasteiger partial charge in [0, 0.05) is 18.9 Å². The molecule has 1 rings (SSSR count). The van der Waals surface area contributed by atoms with E-state index >= 15 is 0 Å². The fourth-order valence-electron chi connectivity index (χ4n) is 0.987. The van der Waals surface area contributed by atoms with Crippen LogP contribution in [-0.2, 0) is 9.84 Å². The predicted molar refractivity (Wildman–Crippen MR) is 52.9 cm³/mol. The van der Waals surface area contributed by atoms with Gasteiger partial charge in [0.1, 0.15) is 15.5 Å². The smallest absolute Gasteiger partial charge is 0.185 e. The van der Waals surface area contributed by atoms with Crippen LogP contribution in [0.1, 0.15) is 16.9 Å². The molecule has 0 radical (unpaired) electrons. The maximum atomic E-state index is 13.0. The summed E-state index contributed by atoms with van der Waals surface area (Å²) in [7, 11) is -3.21. The van der Waals surface area contributed by atoms with Crippen LogP contribution in [0, 0.1) is 5.82 Å². The molecule has 1 aromatic rings. The first-order valence-corrected chi connectivity index (χ1v) is 6.27. The Morgan fingerprint density at radius 3 is 2.73 bits per heavy atom. The predicted octanol–water partition coefficient (Wildman–Crippen LogP) is 0.838. The third kappa shape index (κ3) is 3.75. The zero-order valence-corrected chi connectivity index (χ0v) is 8.92. The Morgan fingerprint density at radius 2 is 2.20 bits per heavy atom. The number of hydrogen-bond donors (Lipinski definition) is 0. The Labute approximate surface area is 87.1 Å². The van der Waals surface area contributed by atoms with Gasteiger partial charge in [-0.1, -0.05) is 0 Å². The Morgan fingerprint density at radius 1 is 1.53 bits per heavy atom. The third-order valence-electron chi connectivity index (χ3n) is 1.72. The molecular formula is C9H10FNO3S. The highest BCUT2D eigenvalue weighted by atomic mass is 32.2. The molecule has 0 bridgehead atoms. The van der Waals surface area contributed by atoms with E-state index in [2.05, 4.69) is 4.98 Å². The van der Waals surface area contributed by atoms with E-state index in [1.807, 2.05) is 0 Å². The van der Waals surface area contributed by atoms with Crippen LogP contribution in [0.3, 0.4) is 0 Å². The van der Waals surface area contributed by atoms with E-state index in [1.165, 1.54) is 12.3 Å². The van der Waals surface area contributed by atoms with Gasteiger partial charge < -0.3 is 0 Å². The highest BCUT2D eigenvalue weighted by Crippen LogP contribution is 2.06. The fourth-order valence-corrected chi connectivity index (χ4v) is 1.54. The van der Waals surface area contributed by atoms with Crippen molar-refractivity contribution in [2.75, 3.05) is 12.0 Å². The standard InChI is InChI=1S/C9H10FNO3S/c1-15(13,14)6-4-8(12)9-7(10)3-2-5-11-9/h2-3,5H,4,6H2,1H3. The van der Waals surface area contributed by atoms with Gasteiger partial charge in [-0.15, -0.1) is 0 Å². The zero-order valence-electron chi connectivity index (χ0n) is 8.10. The molecular weight excluding hydrogens is 221 g/mol. The molecule has 15 heavy (non-hydrogen) atoms. The molecule has 0 N–H and O–H groups in total.